The van der Waals surface area contributed by atoms with Crippen LogP contribution in [0.3, 0.4) is 0 Å². The Balaban J connectivity index is 1.49. The lowest BCUT2D eigenvalue weighted by atomic mass is 9.96. The van der Waals surface area contributed by atoms with Crippen molar-refractivity contribution in [2.24, 2.45) is 0 Å². The highest BCUT2D eigenvalue weighted by molar-refractivity contribution is 9.09. The molecule has 0 spiro atoms. The molecule has 0 radical (unpaired) electrons. The molecule has 1 saturated heterocycles. The molecule has 4 rings (SSSR count). The average Bonchev–Trinajstić information content (AvgIpc) is 2.79. The summed E-state index contributed by atoms with van der Waals surface area (Å²) in [6.07, 6.45) is -0.241. The van der Waals surface area contributed by atoms with Crippen LogP contribution < -0.4 is 5.63 Å². The van der Waals surface area contributed by atoms with Crippen LogP contribution in [0.2, 0.25) is 0 Å². The van der Waals surface area contributed by atoms with Crippen molar-refractivity contribution >= 4 is 32.8 Å². The second kappa shape index (κ2) is 9.92. The molecule has 0 N–H and O–H groups in total. The Kier molecular flexibility index (Phi) is 7.14. The van der Waals surface area contributed by atoms with Gasteiger partial charge in [0.05, 0.1) is 10.2 Å². The third-order valence-electron chi connectivity index (χ3n) is 5.90. The summed E-state index contributed by atoms with van der Waals surface area (Å²) < 4.78 is 11.2. The normalized spacial score (nSPS) is 16.0. The summed E-state index contributed by atoms with van der Waals surface area (Å²) in [4.78, 5) is 28.8. The van der Waals surface area contributed by atoms with Gasteiger partial charge in [-0.25, -0.2) is 9.59 Å². The molecule has 0 bridgehead atoms. The van der Waals surface area contributed by atoms with Gasteiger partial charge in [-0.15, -0.1) is 0 Å². The Labute approximate surface area is 208 Å². The SMILES string of the molecule is CC(Br)c1oc(=O)c2ccccc2c1-c1ccc(CN2CCN(C(=O)OC(C)(C)C)CC2)cc1. The van der Waals surface area contributed by atoms with Crippen molar-refractivity contribution < 1.29 is 13.9 Å². The highest BCUT2D eigenvalue weighted by Crippen LogP contribution is 2.36. The summed E-state index contributed by atoms with van der Waals surface area (Å²) >= 11 is 3.59. The number of nitrogens with zero attached hydrogens (tertiary/aromatic N) is 2. The van der Waals surface area contributed by atoms with Crippen LogP contribution in [0.1, 0.15) is 43.8 Å². The summed E-state index contributed by atoms with van der Waals surface area (Å²) in [7, 11) is 0. The minimum absolute atomic E-state index is 0.0965. The average molecular weight is 527 g/mol. The van der Waals surface area contributed by atoms with Crippen LogP contribution in [-0.4, -0.2) is 47.7 Å². The van der Waals surface area contributed by atoms with Crippen LogP contribution in [0.4, 0.5) is 4.79 Å². The lowest BCUT2D eigenvalue weighted by Gasteiger charge is -2.35. The van der Waals surface area contributed by atoms with E-state index < -0.39 is 5.60 Å². The minimum Gasteiger partial charge on any atom is -0.444 e. The number of hydrogen-bond donors (Lipinski definition) is 0. The van der Waals surface area contributed by atoms with E-state index in [0.29, 0.717) is 24.2 Å². The first-order valence-corrected chi connectivity index (χ1v) is 12.5. The number of carbonyl (C=O) groups is 1. The first-order chi connectivity index (χ1) is 16.1. The molecule has 2 heterocycles. The van der Waals surface area contributed by atoms with Gasteiger partial charge in [-0.1, -0.05) is 58.4 Å². The Bertz CT molecular complexity index is 1220. The van der Waals surface area contributed by atoms with Crippen LogP contribution in [0.15, 0.2) is 57.7 Å². The molecule has 3 aromatic rings. The van der Waals surface area contributed by atoms with Gasteiger partial charge in [-0.3, -0.25) is 4.90 Å². The van der Waals surface area contributed by atoms with Crippen molar-refractivity contribution in [3.05, 3.63) is 70.3 Å². The van der Waals surface area contributed by atoms with Gasteiger partial charge < -0.3 is 14.1 Å². The van der Waals surface area contributed by atoms with Crippen molar-refractivity contribution in [1.29, 1.82) is 0 Å². The Morgan fingerprint density at radius 3 is 2.24 bits per heavy atom. The highest BCUT2D eigenvalue weighted by Gasteiger charge is 2.26. The highest BCUT2D eigenvalue weighted by atomic mass is 79.9. The third kappa shape index (κ3) is 5.53. The van der Waals surface area contributed by atoms with Crippen LogP contribution in [-0.2, 0) is 11.3 Å². The smallest absolute Gasteiger partial charge is 0.410 e. The van der Waals surface area contributed by atoms with E-state index in [4.69, 9.17) is 9.15 Å². The zero-order chi connectivity index (χ0) is 24.5. The van der Waals surface area contributed by atoms with E-state index in [1.807, 2.05) is 45.9 Å². The number of rotatable bonds is 4. The number of halogens is 1. The number of hydrogen-bond acceptors (Lipinski definition) is 5. The van der Waals surface area contributed by atoms with Crippen molar-refractivity contribution in [1.82, 2.24) is 9.80 Å². The molecule has 1 aliphatic heterocycles. The minimum atomic E-state index is -0.477. The fourth-order valence-corrected chi connectivity index (χ4v) is 4.57. The van der Waals surface area contributed by atoms with Gasteiger partial charge in [-0.05, 0) is 44.9 Å². The molecule has 1 fully saturated rings. The Hall–Kier alpha value is -2.64. The summed E-state index contributed by atoms with van der Waals surface area (Å²) in [5, 5.41) is 1.48. The predicted octanol–water partition coefficient (Wildman–Crippen LogP) is 5.97. The number of alkyl halides is 1. The summed E-state index contributed by atoms with van der Waals surface area (Å²) in [5.41, 5.74) is 2.36. The van der Waals surface area contributed by atoms with Gasteiger partial charge >= 0.3 is 11.7 Å². The van der Waals surface area contributed by atoms with E-state index in [2.05, 4.69) is 45.1 Å². The standard InChI is InChI=1S/C27H31BrN2O4/c1-18(28)24-23(21-7-5-6-8-22(21)25(31)33-24)20-11-9-19(10-12-20)17-29-13-15-30(16-14-29)26(32)34-27(2,3)4/h5-12,18H,13-17H2,1-4H3. The summed E-state index contributed by atoms with van der Waals surface area (Å²) in [6.45, 7) is 11.4. The van der Waals surface area contributed by atoms with Crippen LogP contribution >= 0.6 is 15.9 Å². The number of piperazine rings is 1. The molecule has 0 saturated carbocycles. The monoisotopic (exact) mass is 526 g/mol. The molecule has 0 aliphatic carbocycles. The second-order valence-electron chi connectivity index (χ2n) is 9.73. The number of amides is 1. The van der Waals surface area contributed by atoms with Crippen LogP contribution in [0, 0.1) is 0 Å². The van der Waals surface area contributed by atoms with E-state index in [1.54, 1.807) is 11.0 Å². The molecule has 2 aromatic carbocycles. The molecule has 34 heavy (non-hydrogen) atoms. The van der Waals surface area contributed by atoms with Crippen molar-refractivity contribution in [2.75, 3.05) is 26.2 Å². The van der Waals surface area contributed by atoms with E-state index >= 15 is 0 Å². The van der Waals surface area contributed by atoms with Gasteiger partial charge in [-0.2, -0.15) is 0 Å². The number of ether oxygens (including phenoxy) is 1. The Morgan fingerprint density at radius 1 is 1.03 bits per heavy atom. The van der Waals surface area contributed by atoms with Gasteiger partial charge in [0.25, 0.3) is 0 Å². The summed E-state index contributed by atoms with van der Waals surface area (Å²) in [5.74, 6) is 0.634. The molecule has 1 unspecified atom stereocenters. The molecule has 7 heteroatoms. The van der Waals surface area contributed by atoms with E-state index in [-0.39, 0.29) is 16.5 Å². The predicted molar refractivity (Wildman–Crippen MR) is 138 cm³/mol. The van der Waals surface area contributed by atoms with Crippen molar-refractivity contribution in [3.63, 3.8) is 0 Å². The van der Waals surface area contributed by atoms with E-state index in [1.165, 1.54) is 5.56 Å². The molecule has 1 aliphatic rings. The lowest BCUT2D eigenvalue weighted by molar-refractivity contribution is 0.0139. The first-order valence-electron chi connectivity index (χ1n) is 11.6. The number of benzene rings is 2. The molecule has 1 aromatic heterocycles. The van der Waals surface area contributed by atoms with Crippen LogP contribution in [0.25, 0.3) is 21.9 Å². The maximum atomic E-state index is 12.5. The van der Waals surface area contributed by atoms with Crippen LogP contribution in [0.5, 0.6) is 0 Å². The number of carbonyl (C=O) groups excluding carboxylic acids is 1. The van der Waals surface area contributed by atoms with Gasteiger partial charge in [0.15, 0.2) is 0 Å². The van der Waals surface area contributed by atoms with Crippen molar-refractivity contribution in [2.45, 2.75) is 44.7 Å². The molecular formula is C27H31BrN2O4. The summed E-state index contributed by atoms with van der Waals surface area (Å²) in [6, 6.07) is 16.0. The zero-order valence-corrected chi connectivity index (χ0v) is 21.7. The number of fused-ring (bicyclic) bond motifs is 1. The fraction of sp³-hybridized carbons (Fsp3) is 0.407. The molecule has 180 valence electrons. The lowest BCUT2D eigenvalue weighted by Crippen LogP contribution is -2.49. The fourth-order valence-electron chi connectivity index (χ4n) is 4.25. The maximum absolute atomic E-state index is 12.5. The quantitative estimate of drug-likeness (QED) is 0.392. The van der Waals surface area contributed by atoms with Gasteiger partial charge in [0.1, 0.15) is 11.4 Å². The topological polar surface area (TPSA) is 63.0 Å². The van der Waals surface area contributed by atoms with Crippen molar-refractivity contribution in [3.8, 4) is 11.1 Å². The molecule has 1 amide bonds. The Morgan fingerprint density at radius 2 is 1.65 bits per heavy atom. The third-order valence-corrected chi connectivity index (χ3v) is 6.32. The largest absolute Gasteiger partial charge is 0.444 e. The maximum Gasteiger partial charge on any atom is 0.410 e. The zero-order valence-electron chi connectivity index (χ0n) is 20.1. The molecule has 6 nitrogen and oxygen atoms in total. The first kappa shape index (κ1) is 24.5. The van der Waals surface area contributed by atoms with Gasteiger partial charge in [0.2, 0.25) is 0 Å². The van der Waals surface area contributed by atoms with E-state index in [9.17, 15) is 9.59 Å². The van der Waals surface area contributed by atoms with E-state index in [0.717, 1.165) is 36.1 Å². The van der Waals surface area contributed by atoms with Gasteiger partial charge in [0, 0.05) is 43.7 Å². The molecular weight excluding hydrogens is 496 g/mol. The second-order valence-corrected chi connectivity index (χ2v) is 11.1. The molecule has 1 atom stereocenters.